The van der Waals surface area contributed by atoms with Gasteiger partial charge in [-0.15, -0.1) is 0 Å². The summed E-state index contributed by atoms with van der Waals surface area (Å²) in [5.41, 5.74) is 1.01. The second-order valence-electron chi connectivity index (χ2n) is 5.07. The second kappa shape index (κ2) is 6.88. The van der Waals surface area contributed by atoms with Crippen molar-refractivity contribution >= 4 is 0 Å². The Morgan fingerprint density at radius 3 is 2.78 bits per heavy atom. The number of aliphatic hydroxyl groups is 2. The lowest BCUT2D eigenvalue weighted by Crippen LogP contribution is -2.32. The number of benzene rings is 1. The van der Waals surface area contributed by atoms with Crippen molar-refractivity contribution in [3.63, 3.8) is 0 Å². The van der Waals surface area contributed by atoms with E-state index in [1.54, 1.807) is 0 Å². The van der Waals surface area contributed by atoms with E-state index in [4.69, 9.17) is 5.11 Å². The van der Waals surface area contributed by atoms with Crippen LogP contribution in [-0.4, -0.2) is 40.9 Å². The predicted octanol–water partition coefficient (Wildman–Crippen LogP) is 1.96. The van der Waals surface area contributed by atoms with Crippen molar-refractivity contribution in [1.82, 2.24) is 4.90 Å². The van der Waals surface area contributed by atoms with E-state index in [1.165, 1.54) is 6.42 Å². The topological polar surface area (TPSA) is 43.7 Å². The Morgan fingerprint density at radius 1 is 1.28 bits per heavy atom. The van der Waals surface area contributed by atoms with Crippen LogP contribution < -0.4 is 0 Å². The number of rotatable bonds is 6. The lowest BCUT2D eigenvalue weighted by Gasteiger charge is -2.26. The van der Waals surface area contributed by atoms with Crippen molar-refractivity contribution < 1.29 is 10.2 Å². The third kappa shape index (κ3) is 3.55. The Balaban J connectivity index is 1.88. The molecule has 100 valence electrons. The molecule has 18 heavy (non-hydrogen) atoms. The molecule has 0 aliphatic carbocycles. The first-order chi connectivity index (χ1) is 8.81. The van der Waals surface area contributed by atoms with Crippen LogP contribution in [0.15, 0.2) is 30.3 Å². The summed E-state index contributed by atoms with van der Waals surface area (Å²) in [6, 6.07) is 10.3. The van der Waals surface area contributed by atoms with E-state index >= 15 is 0 Å². The van der Waals surface area contributed by atoms with Crippen LogP contribution >= 0.6 is 0 Å². The molecule has 2 atom stereocenters. The number of nitrogens with zero attached hydrogens (tertiary/aromatic N) is 1. The van der Waals surface area contributed by atoms with Crippen molar-refractivity contribution in [2.75, 3.05) is 19.7 Å². The van der Waals surface area contributed by atoms with Crippen LogP contribution in [0.2, 0.25) is 0 Å². The van der Waals surface area contributed by atoms with Crippen molar-refractivity contribution in [3.05, 3.63) is 35.9 Å². The first-order valence-electron chi connectivity index (χ1n) is 6.89. The summed E-state index contributed by atoms with van der Waals surface area (Å²) in [6.45, 7) is 2.30. The highest BCUT2D eigenvalue weighted by Gasteiger charge is 2.26. The molecule has 2 unspecified atom stereocenters. The molecular formula is C15H23NO2. The molecule has 2 rings (SSSR count). The van der Waals surface area contributed by atoms with Gasteiger partial charge in [0.25, 0.3) is 0 Å². The van der Waals surface area contributed by atoms with Crippen molar-refractivity contribution in [2.45, 2.75) is 37.8 Å². The fraction of sp³-hybridized carbons (Fsp3) is 0.600. The molecule has 1 aliphatic heterocycles. The highest BCUT2D eigenvalue weighted by Crippen LogP contribution is 2.27. The minimum atomic E-state index is -0.370. The molecule has 0 aromatic heterocycles. The van der Waals surface area contributed by atoms with Crippen molar-refractivity contribution in [2.24, 2.45) is 0 Å². The molecule has 1 heterocycles. The van der Waals surface area contributed by atoms with Gasteiger partial charge in [-0.2, -0.15) is 0 Å². The maximum atomic E-state index is 10.2. The largest absolute Gasteiger partial charge is 0.396 e. The summed E-state index contributed by atoms with van der Waals surface area (Å²) in [5, 5.41) is 19.1. The molecule has 1 aromatic rings. The summed E-state index contributed by atoms with van der Waals surface area (Å²) < 4.78 is 0. The molecule has 0 radical (unpaired) electrons. The van der Waals surface area contributed by atoms with Crippen LogP contribution in [-0.2, 0) is 0 Å². The van der Waals surface area contributed by atoms with Crippen LogP contribution in [0.5, 0.6) is 0 Å². The quantitative estimate of drug-likeness (QED) is 0.810. The summed E-state index contributed by atoms with van der Waals surface area (Å²) in [7, 11) is 0. The molecule has 3 nitrogen and oxygen atoms in total. The summed E-state index contributed by atoms with van der Waals surface area (Å²) >= 11 is 0. The van der Waals surface area contributed by atoms with E-state index in [0.717, 1.165) is 37.9 Å². The lowest BCUT2D eigenvalue weighted by atomic mass is 10.0. The average Bonchev–Trinajstić information content (AvgIpc) is 2.84. The van der Waals surface area contributed by atoms with E-state index in [1.807, 2.05) is 30.3 Å². The number of likely N-dealkylation sites (tertiary alicyclic amines) is 1. The molecule has 1 saturated heterocycles. The normalized spacial score (nSPS) is 22.2. The highest BCUT2D eigenvalue weighted by molar-refractivity contribution is 5.17. The molecule has 0 bridgehead atoms. The predicted molar refractivity (Wildman–Crippen MR) is 72.3 cm³/mol. The standard InChI is InChI=1S/C15H23NO2/c17-11-5-10-16-9-4-8-14(16)12-15(18)13-6-2-1-3-7-13/h1-3,6-7,14-15,17-18H,4-5,8-12H2. The minimum absolute atomic E-state index is 0.254. The SMILES string of the molecule is OCCCN1CCCC1CC(O)c1ccccc1. The molecule has 0 amide bonds. The maximum Gasteiger partial charge on any atom is 0.0805 e. The fourth-order valence-electron chi connectivity index (χ4n) is 2.80. The van der Waals surface area contributed by atoms with E-state index in [0.29, 0.717) is 6.04 Å². The van der Waals surface area contributed by atoms with E-state index in [9.17, 15) is 5.11 Å². The molecular weight excluding hydrogens is 226 g/mol. The lowest BCUT2D eigenvalue weighted by molar-refractivity contribution is 0.117. The minimum Gasteiger partial charge on any atom is -0.396 e. The Morgan fingerprint density at radius 2 is 2.06 bits per heavy atom. The van der Waals surface area contributed by atoms with E-state index < -0.39 is 0 Å². The van der Waals surface area contributed by atoms with Gasteiger partial charge in [-0.05, 0) is 37.8 Å². The van der Waals surface area contributed by atoms with Gasteiger partial charge in [0.1, 0.15) is 0 Å². The van der Waals surface area contributed by atoms with Crippen LogP contribution in [0.3, 0.4) is 0 Å². The Kier molecular flexibility index (Phi) is 5.17. The highest BCUT2D eigenvalue weighted by atomic mass is 16.3. The average molecular weight is 249 g/mol. The van der Waals surface area contributed by atoms with Gasteiger partial charge in [0.2, 0.25) is 0 Å². The third-order valence-corrected chi connectivity index (χ3v) is 3.78. The molecule has 1 aromatic carbocycles. The smallest absolute Gasteiger partial charge is 0.0805 e. The summed E-state index contributed by atoms with van der Waals surface area (Å²) in [4.78, 5) is 2.41. The van der Waals surface area contributed by atoms with Gasteiger partial charge in [-0.1, -0.05) is 30.3 Å². The molecule has 3 heteroatoms. The first kappa shape index (κ1) is 13.5. The maximum absolute atomic E-state index is 10.2. The van der Waals surface area contributed by atoms with E-state index in [-0.39, 0.29) is 12.7 Å². The third-order valence-electron chi connectivity index (χ3n) is 3.78. The van der Waals surface area contributed by atoms with Crippen molar-refractivity contribution in [1.29, 1.82) is 0 Å². The van der Waals surface area contributed by atoms with Gasteiger partial charge in [0.05, 0.1) is 6.10 Å². The molecule has 0 saturated carbocycles. The number of aliphatic hydroxyl groups excluding tert-OH is 2. The monoisotopic (exact) mass is 249 g/mol. The van der Waals surface area contributed by atoms with Crippen LogP contribution in [0, 0.1) is 0 Å². The van der Waals surface area contributed by atoms with Gasteiger partial charge in [-0.25, -0.2) is 0 Å². The number of hydrogen-bond donors (Lipinski definition) is 2. The number of hydrogen-bond acceptors (Lipinski definition) is 3. The Labute approximate surface area is 109 Å². The molecule has 1 fully saturated rings. The van der Waals surface area contributed by atoms with Crippen LogP contribution in [0.4, 0.5) is 0 Å². The van der Waals surface area contributed by atoms with Crippen LogP contribution in [0.25, 0.3) is 0 Å². The summed E-state index contributed by atoms with van der Waals surface area (Å²) in [5.74, 6) is 0. The zero-order chi connectivity index (χ0) is 12.8. The van der Waals surface area contributed by atoms with Crippen molar-refractivity contribution in [3.8, 4) is 0 Å². The Hall–Kier alpha value is -0.900. The Bertz CT molecular complexity index is 342. The van der Waals surface area contributed by atoms with E-state index in [2.05, 4.69) is 4.90 Å². The van der Waals surface area contributed by atoms with Crippen LogP contribution in [0.1, 0.15) is 37.4 Å². The summed E-state index contributed by atoms with van der Waals surface area (Å²) in [6.07, 6.45) is 3.63. The molecule has 2 N–H and O–H groups in total. The fourth-order valence-corrected chi connectivity index (χ4v) is 2.80. The van der Waals surface area contributed by atoms with Gasteiger partial charge >= 0.3 is 0 Å². The second-order valence-corrected chi connectivity index (χ2v) is 5.07. The zero-order valence-corrected chi connectivity index (χ0v) is 10.8. The van der Waals surface area contributed by atoms with Gasteiger partial charge in [0.15, 0.2) is 0 Å². The first-order valence-corrected chi connectivity index (χ1v) is 6.89. The molecule has 0 spiro atoms. The molecule has 1 aliphatic rings. The van der Waals surface area contributed by atoms with Gasteiger partial charge < -0.3 is 15.1 Å². The van der Waals surface area contributed by atoms with Gasteiger partial charge in [0, 0.05) is 19.2 Å². The zero-order valence-electron chi connectivity index (χ0n) is 10.8. The van der Waals surface area contributed by atoms with Gasteiger partial charge in [-0.3, -0.25) is 0 Å².